The van der Waals surface area contributed by atoms with Crippen LogP contribution in [0.25, 0.3) is 0 Å². The summed E-state index contributed by atoms with van der Waals surface area (Å²) in [5, 5.41) is 15.8. The smallest absolute Gasteiger partial charge is 0.256 e. The van der Waals surface area contributed by atoms with Crippen LogP contribution in [0.2, 0.25) is 5.02 Å². The number of nitrogens with zero attached hydrogens (tertiary/aromatic N) is 3. The van der Waals surface area contributed by atoms with Crippen molar-refractivity contribution in [1.29, 1.82) is 5.26 Å². The Morgan fingerprint density at radius 3 is 2.85 bits per heavy atom. The minimum absolute atomic E-state index is 0.268. The number of rotatable bonds is 5. The van der Waals surface area contributed by atoms with Gasteiger partial charge in [0.15, 0.2) is 5.82 Å². The van der Waals surface area contributed by atoms with E-state index in [0.717, 1.165) is 4.90 Å². The summed E-state index contributed by atoms with van der Waals surface area (Å²) >= 11 is 7.44. The third kappa shape index (κ3) is 4.23. The van der Waals surface area contributed by atoms with Crippen molar-refractivity contribution in [3.63, 3.8) is 0 Å². The number of carbonyl (C=O) groups is 1. The van der Waals surface area contributed by atoms with Gasteiger partial charge in [0.1, 0.15) is 6.07 Å². The molecule has 0 fully saturated rings. The standard InChI is InChI=1S/C18H13ClN4O2S/c1-11-21-17(25-23-11)10-26-16-5-3-2-4-14(16)18(24)22-13-7-6-12(9-20)15(19)8-13/h2-8H,10H2,1H3,(H,22,24). The van der Waals surface area contributed by atoms with Crippen molar-refractivity contribution < 1.29 is 9.32 Å². The molecular formula is C18H13ClN4O2S. The number of hydrogen-bond acceptors (Lipinski definition) is 6. The summed E-state index contributed by atoms with van der Waals surface area (Å²) in [7, 11) is 0. The van der Waals surface area contributed by atoms with E-state index in [9.17, 15) is 4.79 Å². The fourth-order valence-electron chi connectivity index (χ4n) is 2.20. The Balaban J connectivity index is 1.75. The predicted molar refractivity (Wildman–Crippen MR) is 99.2 cm³/mol. The van der Waals surface area contributed by atoms with Crippen LogP contribution in [0.4, 0.5) is 5.69 Å². The van der Waals surface area contributed by atoms with Gasteiger partial charge in [-0.3, -0.25) is 4.79 Å². The van der Waals surface area contributed by atoms with E-state index in [2.05, 4.69) is 15.5 Å². The predicted octanol–water partition coefficient (Wildman–Crippen LogP) is 4.45. The topological polar surface area (TPSA) is 91.8 Å². The summed E-state index contributed by atoms with van der Waals surface area (Å²) in [6, 6.07) is 14.0. The van der Waals surface area contributed by atoms with Crippen LogP contribution in [0.15, 0.2) is 51.9 Å². The Labute approximate surface area is 159 Å². The van der Waals surface area contributed by atoms with E-state index in [1.807, 2.05) is 18.2 Å². The summed E-state index contributed by atoms with van der Waals surface area (Å²) in [4.78, 5) is 17.6. The first-order valence-corrected chi connectivity index (χ1v) is 8.95. The Morgan fingerprint density at radius 1 is 1.35 bits per heavy atom. The molecule has 0 bridgehead atoms. The van der Waals surface area contributed by atoms with Gasteiger partial charge < -0.3 is 9.84 Å². The van der Waals surface area contributed by atoms with Crippen LogP contribution in [0.3, 0.4) is 0 Å². The molecule has 0 spiro atoms. The van der Waals surface area contributed by atoms with Crippen molar-refractivity contribution in [1.82, 2.24) is 10.1 Å². The largest absolute Gasteiger partial charge is 0.338 e. The first-order chi connectivity index (χ1) is 12.6. The molecule has 1 heterocycles. The van der Waals surface area contributed by atoms with E-state index in [4.69, 9.17) is 21.4 Å². The molecule has 3 rings (SSSR count). The van der Waals surface area contributed by atoms with Crippen LogP contribution in [0, 0.1) is 18.3 Å². The maximum atomic E-state index is 12.6. The van der Waals surface area contributed by atoms with Crippen LogP contribution in [-0.2, 0) is 5.75 Å². The molecule has 0 atom stereocenters. The number of nitrogens with one attached hydrogen (secondary N) is 1. The third-order valence-electron chi connectivity index (χ3n) is 3.40. The van der Waals surface area contributed by atoms with Gasteiger partial charge in [-0.05, 0) is 37.3 Å². The summed E-state index contributed by atoms with van der Waals surface area (Å²) in [6.07, 6.45) is 0. The number of aromatic nitrogens is 2. The number of anilines is 1. The van der Waals surface area contributed by atoms with Crippen LogP contribution >= 0.6 is 23.4 Å². The number of halogens is 1. The molecule has 0 saturated heterocycles. The van der Waals surface area contributed by atoms with Gasteiger partial charge >= 0.3 is 0 Å². The highest BCUT2D eigenvalue weighted by Gasteiger charge is 2.14. The molecule has 3 aromatic rings. The molecule has 6 nitrogen and oxygen atoms in total. The van der Waals surface area contributed by atoms with E-state index in [1.165, 1.54) is 11.8 Å². The normalized spacial score (nSPS) is 10.3. The molecule has 1 aromatic heterocycles. The van der Waals surface area contributed by atoms with Gasteiger partial charge in [-0.25, -0.2) is 0 Å². The van der Waals surface area contributed by atoms with Gasteiger partial charge in [-0.1, -0.05) is 28.9 Å². The lowest BCUT2D eigenvalue weighted by atomic mass is 10.2. The van der Waals surface area contributed by atoms with Crippen molar-refractivity contribution in [2.45, 2.75) is 17.6 Å². The summed E-state index contributed by atoms with van der Waals surface area (Å²) < 4.78 is 5.09. The van der Waals surface area contributed by atoms with Gasteiger partial charge in [-0.15, -0.1) is 11.8 Å². The molecule has 0 unspecified atom stereocenters. The molecular weight excluding hydrogens is 372 g/mol. The lowest BCUT2D eigenvalue weighted by molar-refractivity contribution is 0.102. The Bertz CT molecular complexity index is 997. The fourth-order valence-corrected chi connectivity index (χ4v) is 3.31. The van der Waals surface area contributed by atoms with Gasteiger partial charge in [0.05, 0.1) is 21.9 Å². The number of carbonyl (C=O) groups excluding carboxylic acids is 1. The second kappa shape index (κ2) is 8.04. The monoisotopic (exact) mass is 384 g/mol. The summed E-state index contributed by atoms with van der Waals surface area (Å²) in [5.41, 5.74) is 1.40. The van der Waals surface area contributed by atoms with Crippen molar-refractivity contribution >= 4 is 35.0 Å². The molecule has 1 amide bonds. The van der Waals surface area contributed by atoms with Crippen LogP contribution in [-0.4, -0.2) is 16.0 Å². The molecule has 130 valence electrons. The number of aryl methyl sites for hydroxylation is 1. The summed E-state index contributed by atoms with van der Waals surface area (Å²) in [5.74, 6) is 1.27. The van der Waals surface area contributed by atoms with E-state index >= 15 is 0 Å². The maximum absolute atomic E-state index is 12.6. The number of hydrogen-bond donors (Lipinski definition) is 1. The zero-order chi connectivity index (χ0) is 18.5. The molecule has 26 heavy (non-hydrogen) atoms. The zero-order valence-corrected chi connectivity index (χ0v) is 15.3. The maximum Gasteiger partial charge on any atom is 0.256 e. The first kappa shape index (κ1) is 18.0. The van der Waals surface area contributed by atoms with E-state index in [-0.39, 0.29) is 5.91 Å². The molecule has 2 aromatic carbocycles. The highest BCUT2D eigenvalue weighted by molar-refractivity contribution is 7.98. The fraction of sp³-hybridized carbons (Fsp3) is 0.111. The molecule has 0 radical (unpaired) electrons. The quantitative estimate of drug-likeness (QED) is 0.653. The Morgan fingerprint density at radius 2 is 2.15 bits per heavy atom. The molecule has 0 aliphatic heterocycles. The molecule has 0 aliphatic carbocycles. The van der Waals surface area contributed by atoms with Gasteiger partial charge in [-0.2, -0.15) is 10.2 Å². The van der Waals surface area contributed by atoms with E-state index < -0.39 is 0 Å². The number of amides is 1. The first-order valence-electron chi connectivity index (χ1n) is 7.59. The van der Waals surface area contributed by atoms with Gasteiger partial charge in [0.2, 0.25) is 5.89 Å². The molecule has 8 heteroatoms. The van der Waals surface area contributed by atoms with Crippen LogP contribution in [0.1, 0.15) is 27.6 Å². The minimum Gasteiger partial charge on any atom is -0.338 e. The average molecular weight is 385 g/mol. The number of nitriles is 1. The second-order valence-corrected chi connectivity index (χ2v) is 6.71. The van der Waals surface area contributed by atoms with Gasteiger partial charge in [0, 0.05) is 10.6 Å². The summed E-state index contributed by atoms with van der Waals surface area (Å²) in [6.45, 7) is 1.75. The van der Waals surface area contributed by atoms with Crippen molar-refractivity contribution in [2.75, 3.05) is 5.32 Å². The average Bonchev–Trinajstić information content (AvgIpc) is 3.05. The van der Waals surface area contributed by atoms with Crippen molar-refractivity contribution in [3.05, 3.63) is 70.3 Å². The molecule has 0 aliphatic rings. The SMILES string of the molecule is Cc1noc(CSc2ccccc2C(=O)Nc2ccc(C#N)c(Cl)c2)n1. The number of thioether (sulfide) groups is 1. The van der Waals surface area contributed by atoms with Crippen molar-refractivity contribution in [3.8, 4) is 6.07 Å². The highest BCUT2D eigenvalue weighted by Crippen LogP contribution is 2.27. The van der Waals surface area contributed by atoms with Crippen molar-refractivity contribution in [2.24, 2.45) is 0 Å². The van der Waals surface area contributed by atoms with Gasteiger partial charge in [0.25, 0.3) is 5.91 Å². The molecule has 1 N–H and O–H groups in total. The molecule has 0 saturated carbocycles. The third-order valence-corrected chi connectivity index (χ3v) is 4.77. The van der Waals surface area contributed by atoms with Crippen LogP contribution in [0.5, 0.6) is 0 Å². The lowest BCUT2D eigenvalue weighted by Crippen LogP contribution is -2.13. The van der Waals surface area contributed by atoms with E-state index in [0.29, 0.717) is 39.3 Å². The van der Waals surface area contributed by atoms with Crippen LogP contribution < -0.4 is 5.32 Å². The second-order valence-electron chi connectivity index (χ2n) is 5.28. The minimum atomic E-state index is -0.268. The van der Waals surface area contributed by atoms with E-state index in [1.54, 1.807) is 37.3 Å². The lowest BCUT2D eigenvalue weighted by Gasteiger charge is -2.10. The Hall–Kier alpha value is -2.82. The zero-order valence-electron chi connectivity index (χ0n) is 13.7. The Kier molecular flexibility index (Phi) is 5.56. The number of benzene rings is 2. The highest BCUT2D eigenvalue weighted by atomic mass is 35.5.